The summed E-state index contributed by atoms with van der Waals surface area (Å²) in [7, 11) is 0. The second-order valence-electron chi connectivity index (χ2n) is 5.14. The Morgan fingerprint density at radius 2 is 2.05 bits per heavy atom. The Kier molecular flexibility index (Phi) is 4.74. The van der Waals surface area contributed by atoms with Crippen molar-refractivity contribution in [1.29, 1.82) is 0 Å². The van der Waals surface area contributed by atoms with E-state index < -0.39 is 12.1 Å². The second-order valence-corrected chi connectivity index (χ2v) is 5.14. The van der Waals surface area contributed by atoms with Crippen LogP contribution in [-0.2, 0) is 4.79 Å². The third kappa shape index (κ3) is 3.57. The number of rotatable bonds is 3. The highest BCUT2D eigenvalue weighted by molar-refractivity contribution is 5.97. The number of nitrogens with one attached hydrogen (secondary N) is 1. The van der Waals surface area contributed by atoms with Gasteiger partial charge in [-0.3, -0.25) is 9.59 Å². The van der Waals surface area contributed by atoms with Crippen molar-refractivity contribution in [1.82, 2.24) is 10.2 Å². The number of aliphatic hydroxyl groups is 1. The van der Waals surface area contributed by atoms with Crippen LogP contribution in [0.4, 0.5) is 0 Å². The largest absolute Gasteiger partial charge is 0.391 e. The van der Waals surface area contributed by atoms with Crippen molar-refractivity contribution in [3.63, 3.8) is 0 Å². The van der Waals surface area contributed by atoms with Crippen LogP contribution in [0.2, 0.25) is 0 Å². The lowest BCUT2D eigenvalue weighted by atomic mass is 10.1. The SMILES string of the molecule is CC(NC(=O)c1ccccc1)C(=O)N1CCCC(O)C1. The third-order valence-electron chi connectivity index (χ3n) is 3.46. The van der Waals surface area contributed by atoms with Crippen LogP contribution in [0.25, 0.3) is 0 Å². The summed E-state index contributed by atoms with van der Waals surface area (Å²) in [6, 6.07) is 8.22. The molecule has 1 fully saturated rings. The molecule has 1 aromatic carbocycles. The number of piperidine rings is 1. The summed E-state index contributed by atoms with van der Waals surface area (Å²) in [5, 5.41) is 12.3. The van der Waals surface area contributed by atoms with Crippen LogP contribution in [0.1, 0.15) is 30.1 Å². The maximum Gasteiger partial charge on any atom is 0.251 e. The van der Waals surface area contributed by atoms with Gasteiger partial charge in [0, 0.05) is 18.7 Å². The molecule has 2 atom stereocenters. The molecule has 1 aliphatic rings. The number of β-amino-alcohol motifs (C(OH)–C–C–N with tert-alkyl or cyclic N) is 1. The van der Waals surface area contributed by atoms with Crippen molar-refractivity contribution in [3.8, 4) is 0 Å². The molecule has 0 aromatic heterocycles. The van der Waals surface area contributed by atoms with Crippen LogP contribution in [0, 0.1) is 0 Å². The fourth-order valence-electron chi connectivity index (χ4n) is 2.36. The Balaban J connectivity index is 1.92. The number of carbonyl (C=O) groups excluding carboxylic acids is 2. The zero-order valence-electron chi connectivity index (χ0n) is 11.6. The summed E-state index contributed by atoms with van der Waals surface area (Å²) in [5.41, 5.74) is 0.533. The molecule has 2 unspecified atom stereocenters. The minimum Gasteiger partial charge on any atom is -0.391 e. The van der Waals surface area contributed by atoms with Crippen molar-refractivity contribution in [2.45, 2.75) is 31.9 Å². The monoisotopic (exact) mass is 276 g/mol. The summed E-state index contributed by atoms with van der Waals surface area (Å²) in [4.78, 5) is 25.8. The molecular weight excluding hydrogens is 256 g/mol. The van der Waals surface area contributed by atoms with Gasteiger partial charge in [0.2, 0.25) is 5.91 Å². The van der Waals surface area contributed by atoms with Crippen molar-refractivity contribution >= 4 is 11.8 Å². The van der Waals surface area contributed by atoms with Crippen LogP contribution in [-0.4, -0.2) is 47.1 Å². The van der Waals surface area contributed by atoms with E-state index in [4.69, 9.17) is 0 Å². The van der Waals surface area contributed by atoms with Gasteiger partial charge < -0.3 is 15.3 Å². The first-order valence-electron chi connectivity index (χ1n) is 6.90. The average Bonchev–Trinajstić information content (AvgIpc) is 2.47. The minimum atomic E-state index is -0.590. The Morgan fingerprint density at radius 1 is 1.35 bits per heavy atom. The van der Waals surface area contributed by atoms with E-state index in [1.807, 2.05) is 6.07 Å². The van der Waals surface area contributed by atoms with Gasteiger partial charge in [0.25, 0.3) is 5.91 Å². The number of benzene rings is 1. The molecule has 1 aliphatic heterocycles. The van der Waals surface area contributed by atoms with Gasteiger partial charge in [-0.1, -0.05) is 18.2 Å². The molecule has 1 saturated heterocycles. The van der Waals surface area contributed by atoms with Crippen LogP contribution in [0.15, 0.2) is 30.3 Å². The Labute approximate surface area is 118 Å². The van der Waals surface area contributed by atoms with E-state index in [0.29, 0.717) is 18.7 Å². The highest BCUT2D eigenvalue weighted by Crippen LogP contribution is 2.11. The Bertz CT molecular complexity index is 475. The quantitative estimate of drug-likeness (QED) is 0.857. The Morgan fingerprint density at radius 3 is 2.70 bits per heavy atom. The predicted octanol–water partition coefficient (Wildman–Crippen LogP) is 0.788. The zero-order chi connectivity index (χ0) is 14.5. The normalized spacial score (nSPS) is 20.3. The van der Waals surface area contributed by atoms with Crippen molar-refractivity contribution in [2.75, 3.05) is 13.1 Å². The molecule has 2 rings (SSSR count). The molecule has 2 amide bonds. The fraction of sp³-hybridized carbons (Fsp3) is 0.467. The summed E-state index contributed by atoms with van der Waals surface area (Å²) in [6.07, 6.45) is 1.07. The average molecular weight is 276 g/mol. The van der Waals surface area contributed by atoms with E-state index in [9.17, 15) is 14.7 Å². The molecule has 0 saturated carbocycles. The van der Waals surface area contributed by atoms with Gasteiger partial charge in [-0.2, -0.15) is 0 Å². The zero-order valence-corrected chi connectivity index (χ0v) is 11.6. The number of likely N-dealkylation sites (tertiary alicyclic amines) is 1. The van der Waals surface area contributed by atoms with Gasteiger partial charge in [-0.15, -0.1) is 0 Å². The van der Waals surface area contributed by atoms with E-state index in [1.165, 1.54) is 0 Å². The van der Waals surface area contributed by atoms with E-state index >= 15 is 0 Å². The van der Waals surface area contributed by atoms with Gasteiger partial charge in [0.1, 0.15) is 6.04 Å². The molecule has 5 heteroatoms. The summed E-state index contributed by atoms with van der Waals surface area (Å²) in [5.74, 6) is -0.406. The first-order chi connectivity index (χ1) is 9.58. The van der Waals surface area contributed by atoms with Crippen LogP contribution < -0.4 is 5.32 Å². The van der Waals surface area contributed by atoms with Crippen LogP contribution >= 0.6 is 0 Å². The van der Waals surface area contributed by atoms with Crippen molar-refractivity contribution < 1.29 is 14.7 Å². The van der Waals surface area contributed by atoms with E-state index in [2.05, 4.69) is 5.32 Å². The Hall–Kier alpha value is -1.88. The number of nitrogens with zero attached hydrogens (tertiary/aromatic N) is 1. The standard InChI is InChI=1S/C15H20N2O3/c1-11(15(20)17-9-5-8-13(18)10-17)16-14(19)12-6-3-2-4-7-12/h2-4,6-7,11,13,18H,5,8-10H2,1H3,(H,16,19). The van der Waals surface area contributed by atoms with E-state index in [0.717, 1.165) is 12.8 Å². The highest BCUT2D eigenvalue weighted by atomic mass is 16.3. The van der Waals surface area contributed by atoms with Gasteiger partial charge >= 0.3 is 0 Å². The summed E-state index contributed by atoms with van der Waals surface area (Å²) in [6.45, 7) is 2.66. The summed E-state index contributed by atoms with van der Waals surface area (Å²) >= 11 is 0. The predicted molar refractivity (Wildman–Crippen MR) is 75.2 cm³/mol. The lowest BCUT2D eigenvalue weighted by Crippen LogP contribution is -2.51. The molecule has 20 heavy (non-hydrogen) atoms. The van der Waals surface area contributed by atoms with Crippen LogP contribution in [0.3, 0.4) is 0 Å². The lowest BCUT2D eigenvalue weighted by Gasteiger charge is -2.32. The van der Waals surface area contributed by atoms with Crippen molar-refractivity contribution in [2.24, 2.45) is 0 Å². The minimum absolute atomic E-state index is 0.145. The smallest absolute Gasteiger partial charge is 0.251 e. The van der Waals surface area contributed by atoms with Gasteiger partial charge in [-0.05, 0) is 31.9 Å². The first-order valence-corrected chi connectivity index (χ1v) is 6.90. The van der Waals surface area contributed by atoms with Gasteiger partial charge in [0.15, 0.2) is 0 Å². The van der Waals surface area contributed by atoms with Crippen LogP contribution in [0.5, 0.6) is 0 Å². The van der Waals surface area contributed by atoms with Gasteiger partial charge in [0.05, 0.1) is 6.10 Å². The molecule has 0 spiro atoms. The maximum absolute atomic E-state index is 12.2. The highest BCUT2D eigenvalue weighted by Gasteiger charge is 2.26. The maximum atomic E-state index is 12.2. The molecule has 1 aromatic rings. The molecule has 2 N–H and O–H groups in total. The molecule has 0 aliphatic carbocycles. The lowest BCUT2D eigenvalue weighted by molar-refractivity contribution is -0.135. The number of amides is 2. The summed E-state index contributed by atoms with van der Waals surface area (Å²) < 4.78 is 0. The molecule has 108 valence electrons. The first kappa shape index (κ1) is 14.5. The molecule has 0 radical (unpaired) electrons. The second kappa shape index (κ2) is 6.52. The fourth-order valence-corrected chi connectivity index (χ4v) is 2.36. The molecule has 5 nitrogen and oxygen atoms in total. The molecule has 1 heterocycles. The van der Waals surface area contributed by atoms with E-state index in [-0.39, 0.29) is 11.8 Å². The van der Waals surface area contributed by atoms with Crippen molar-refractivity contribution in [3.05, 3.63) is 35.9 Å². The van der Waals surface area contributed by atoms with Gasteiger partial charge in [-0.25, -0.2) is 0 Å². The van der Waals surface area contributed by atoms with E-state index in [1.54, 1.807) is 36.1 Å². The topological polar surface area (TPSA) is 69.6 Å². The number of carbonyl (C=O) groups is 2. The number of aliphatic hydroxyl groups excluding tert-OH is 1. The number of hydrogen-bond acceptors (Lipinski definition) is 3. The third-order valence-corrected chi connectivity index (χ3v) is 3.46. The molecule has 0 bridgehead atoms. The number of hydrogen-bond donors (Lipinski definition) is 2. The molecular formula is C15H20N2O3.